The van der Waals surface area contributed by atoms with E-state index in [9.17, 15) is 14.0 Å². The Labute approximate surface area is 153 Å². The van der Waals surface area contributed by atoms with E-state index < -0.39 is 6.04 Å². The van der Waals surface area contributed by atoms with E-state index in [-0.39, 0.29) is 24.2 Å². The van der Waals surface area contributed by atoms with Crippen LogP contribution in [0.25, 0.3) is 0 Å². The van der Waals surface area contributed by atoms with Gasteiger partial charge >= 0.3 is 0 Å². The number of amides is 2. The Kier molecular flexibility index (Phi) is 7.09. The molecule has 0 heterocycles. The van der Waals surface area contributed by atoms with Gasteiger partial charge in [-0.15, -0.1) is 6.58 Å². The minimum atomic E-state index is -0.667. The second kappa shape index (κ2) is 9.51. The van der Waals surface area contributed by atoms with E-state index in [1.165, 1.54) is 24.0 Å². The predicted molar refractivity (Wildman–Crippen MR) is 99.8 cm³/mol. The summed E-state index contributed by atoms with van der Waals surface area (Å²) < 4.78 is 13.1. The number of carbonyl (C=O) groups excluding carboxylic acids is 2. The molecule has 2 amide bonds. The van der Waals surface area contributed by atoms with Crippen LogP contribution < -0.4 is 5.32 Å². The first-order valence-corrected chi connectivity index (χ1v) is 8.45. The molecule has 2 aromatic carbocycles. The van der Waals surface area contributed by atoms with Crippen LogP contribution in [-0.4, -0.2) is 29.3 Å². The van der Waals surface area contributed by atoms with Crippen molar-refractivity contribution in [3.05, 3.63) is 84.2 Å². The van der Waals surface area contributed by atoms with Gasteiger partial charge in [0.05, 0.1) is 0 Å². The van der Waals surface area contributed by atoms with Gasteiger partial charge in [0.2, 0.25) is 11.8 Å². The molecule has 1 atom stereocenters. The summed E-state index contributed by atoms with van der Waals surface area (Å²) in [4.78, 5) is 26.5. The van der Waals surface area contributed by atoms with Gasteiger partial charge in [-0.1, -0.05) is 48.5 Å². The highest BCUT2D eigenvalue weighted by Gasteiger charge is 2.28. The lowest BCUT2D eigenvalue weighted by Gasteiger charge is -2.30. The SMILES string of the molecule is C=CCNC(=O)[C@@H](Cc1ccccc1)N(Cc1ccc(F)cc1)C(C)=O. The summed E-state index contributed by atoms with van der Waals surface area (Å²) in [6, 6.07) is 14.8. The number of hydrogen-bond donors (Lipinski definition) is 1. The van der Waals surface area contributed by atoms with Gasteiger partial charge in [-0.25, -0.2) is 4.39 Å². The van der Waals surface area contributed by atoms with E-state index in [2.05, 4.69) is 11.9 Å². The maximum Gasteiger partial charge on any atom is 0.243 e. The Morgan fingerprint density at radius 1 is 1.12 bits per heavy atom. The number of benzene rings is 2. The molecule has 0 saturated carbocycles. The van der Waals surface area contributed by atoms with Crippen molar-refractivity contribution in [2.24, 2.45) is 0 Å². The van der Waals surface area contributed by atoms with Gasteiger partial charge in [0.25, 0.3) is 0 Å². The van der Waals surface area contributed by atoms with Crippen molar-refractivity contribution in [1.29, 1.82) is 0 Å². The van der Waals surface area contributed by atoms with Crippen molar-refractivity contribution in [3.8, 4) is 0 Å². The Morgan fingerprint density at radius 3 is 2.35 bits per heavy atom. The molecule has 0 saturated heterocycles. The maximum atomic E-state index is 13.1. The highest BCUT2D eigenvalue weighted by molar-refractivity contribution is 5.87. The van der Waals surface area contributed by atoms with E-state index in [0.29, 0.717) is 13.0 Å². The Balaban J connectivity index is 2.27. The zero-order chi connectivity index (χ0) is 18.9. The quantitative estimate of drug-likeness (QED) is 0.741. The normalized spacial score (nSPS) is 11.5. The van der Waals surface area contributed by atoms with E-state index in [1.807, 2.05) is 30.3 Å². The van der Waals surface area contributed by atoms with Crippen molar-refractivity contribution in [3.63, 3.8) is 0 Å². The summed E-state index contributed by atoms with van der Waals surface area (Å²) in [6.45, 7) is 5.59. The predicted octanol–water partition coefficient (Wildman–Crippen LogP) is 3.09. The monoisotopic (exact) mass is 354 g/mol. The molecule has 0 aliphatic heterocycles. The van der Waals surface area contributed by atoms with Crippen LogP contribution in [0.4, 0.5) is 4.39 Å². The van der Waals surface area contributed by atoms with Crippen LogP contribution in [0.1, 0.15) is 18.1 Å². The summed E-state index contributed by atoms with van der Waals surface area (Å²) in [5.41, 5.74) is 1.72. The zero-order valence-electron chi connectivity index (χ0n) is 14.8. The van der Waals surface area contributed by atoms with Crippen LogP contribution in [-0.2, 0) is 22.6 Å². The van der Waals surface area contributed by atoms with E-state index in [4.69, 9.17) is 0 Å². The lowest BCUT2D eigenvalue weighted by molar-refractivity contribution is -0.139. The molecule has 0 aliphatic carbocycles. The molecule has 0 spiro atoms. The number of halogens is 1. The summed E-state index contributed by atoms with van der Waals surface area (Å²) in [6.07, 6.45) is 1.99. The Morgan fingerprint density at radius 2 is 1.77 bits per heavy atom. The number of carbonyl (C=O) groups is 2. The maximum absolute atomic E-state index is 13.1. The van der Waals surface area contributed by atoms with Gasteiger partial charge < -0.3 is 10.2 Å². The highest BCUT2D eigenvalue weighted by atomic mass is 19.1. The van der Waals surface area contributed by atoms with E-state index in [1.54, 1.807) is 18.2 Å². The average molecular weight is 354 g/mol. The summed E-state index contributed by atoms with van der Waals surface area (Å²) >= 11 is 0. The third kappa shape index (κ3) is 5.55. The molecule has 26 heavy (non-hydrogen) atoms. The van der Waals surface area contributed by atoms with Crippen LogP contribution in [0.3, 0.4) is 0 Å². The van der Waals surface area contributed by atoms with E-state index in [0.717, 1.165) is 11.1 Å². The Hall–Kier alpha value is -2.95. The molecule has 0 radical (unpaired) electrons. The molecule has 1 N–H and O–H groups in total. The van der Waals surface area contributed by atoms with Crippen LogP contribution in [0.15, 0.2) is 67.3 Å². The van der Waals surface area contributed by atoms with Crippen molar-refractivity contribution in [1.82, 2.24) is 10.2 Å². The lowest BCUT2D eigenvalue weighted by Crippen LogP contribution is -2.49. The Bertz CT molecular complexity index is 744. The fraction of sp³-hybridized carbons (Fsp3) is 0.238. The second-order valence-corrected chi connectivity index (χ2v) is 6.01. The van der Waals surface area contributed by atoms with Gasteiger partial charge in [0, 0.05) is 26.4 Å². The van der Waals surface area contributed by atoms with Gasteiger partial charge in [0.1, 0.15) is 11.9 Å². The molecule has 2 rings (SSSR count). The molecular weight excluding hydrogens is 331 g/mol. The number of rotatable bonds is 8. The molecule has 5 heteroatoms. The average Bonchev–Trinajstić information content (AvgIpc) is 2.64. The summed E-state index contributed by atoms with van der Waals surface area (Å²) in [5.74, 6) is -0.803. The van der Waals surface area contributed by atoms with Crippen LogP contribution in [0, 0.1) is 5.82 Å². The number of hydrogen-bond acceptors (Lipinski definition) is 2. The number of nitrogens with one attached hydrogen (secondary N) is 1. The molecule has 0 aliphatic rings. The molecule has 4 nitrogen and oxygen atoms in total. The van der Waals surface area contributed by atoms with E-state index >= 15 is 0 Å². The van der Waals surface area contributed by atoms with Crippen LogP contribution in [0.5, 0.6) is 0 Å². The van der Waals surface area contributed by atoms with Crippen molar-refractivity contribution in [2.75, 3.05) is 6.54 Å². The molecule has 136 valence electrons. The number of nitrogens with zero attached hydrogens (tertiary/aromatic N) is 1. The molecular formula is C21H23FN2O2. The molecule has 0 unspecified atom stereocenters. The first-order valence-electron chi connectivity index (χ1n) is 8.45. The fourth-order valence-electron chi connectivity index (χ4n) is 2.70. The first-order chi connectivity index (χ1) is 12.5. The topological polar surface area (TPSA) is 49.4 Å². The minimum Gasteiger partial charge on any atom is -0.351 e. The first kappa shape index (κ1) is 19.4. The minimum absolute atomic E-state index is 0.219. The molecule has 0 bridgehead atoms. The van der Waals surface area contributed by atoms with Crippen LogP contribution >= 0.6 is 0 Å². The fourth-order valence-corrected chi connectivity index (χ4v) is 2.70. The van der Waals surface area contributed by atoms with Crippen LogP contribution in [0.2, 0.25) is 0 Å². The highest BCUT2D eigenvalue weighted by Crippen LogP contribution is 2.15. The molecule has 0 aromatic heterocycles. The summed E-state index contributed by atoms with van der Waals surface area (Å²) in [5, 5.41) is 2.77. The summed E-state index contributed by atoms with van der Waals surface area (Å²) in [7, 11) is 0. The second-order valence-electron chi connectivity index (χ2n) is 6.01. The van der Waals surface area contributed by atoms with Gasteiger partial charge in [0.15, 0.2) is 0 Å². The lowest BCUT2D eigenvalue weighted by atomic mass is 10.0. The van der Waals surface area contributed by atoms with Crippen molar-refractivity contribution < 1.29 is 14.0 Å². The van der Waals surface area contributed by atoms with Gasteiger partial charge in [-0.05, 0) is 23.3 Å². The zero-order valence-corrected chi connectivity index (χ0v) is 14.8. The molecule has 2 aromatic rings. The third-order valence-corrected chi connectivity index (χ3v) is 4.04. The van der Waals surface area contributed by atoms with Crippen molar-refractivity contribution in [2.45, 2.75) is 25.9 Å². The third-order valence-electron chi connectivity index (χ3n) is 4.04. The van der Waals surface area contributed by atoms with Gasteiger partial charge in [-0.3, -0.25) is 9.59 Å². The largest absolute Gasteiger partial charge is 0.351 e. The standard InChI is InChI=1S/C21H23FN2O2/c1-3-13-23-21(26)20(14-17-7-5-4-6-8-17)24(16(2)25)15-18-9-11-19(22)12-10-18/h3-12,20H,1,13-15H2,2H3,(H,23,26)/t20-/m1/s1. The smallest absolute Gasteiger partial charge is 0.243 e. The van der Waals surface area contributed by atoms with Crippen molar-refractivity contribution >= 4 is 11.8 Å². The molecule has 0 fully saturated rings. The van der Waals surface area contributed by atoms with Gasteiger partial charge in [-0.2, -0.15) is 0 Å².